The molecule has 1 aromatic rings. The Bertz CT molecular complexity index is 359. The van der Waals surface area contributed by atoms with Gasteiger partial charge in [0.1, 0.15) is 0 Å². The van der Waals surface area contributed by atoms with Crippen LogP contribution in [-0.2, 0) is 4.84 Å². The molecule has 0 amide bonds. The summed E-state index contributed by atoms with van der Waals surface area (Å²) < 4.78 is 0. The number of H-pyrrole nitrogens is 1. The van der Waals surface area contributed by atoms with Crippen molar-refractivity contribution >= 4 is 17.4 Å². The van der Waals surface area contributed by atoms with Crippen LogP contribution in [0.5, 0.6) is 0 Å². The molecule has 1 fully saturated rings. The van der Waals surface area contributed by atoms with Gasteiger partial charge in [0.2, 0.25) is 0 Å². The molecule has 2 rings (SSSR count). The monoisotopic (exact) mass is 201 g/mol. The van der Waals surface area contributed by atoms with Gasteiger partial charge in [-0.3, -0.25) is 9.63 Å². The first-order valence-corrected chi connectivity index (χ1v) is 4.30. The lowest BCUT2D eigenvalue weighted by molar-refractivity contribution is 0.166. The number of hydrogen-bond donors (Lipinski definition) is 1. The van der Waals surface area contributed by atoms with Crippen LogP contribution < -0.4 is 10.6 Å². The van der Waals surface area contributed by atoms with Crippen molar-refractivity contribution < 1.29 is 4.84 Å². The van der Waals surface area contributed by atoms with E-state index in [1.54, 1.807) is 0 Å². The number of nitrogens with zero attached hydrogens (tertiary/aromatic N) is 2. The van der Waals surface area contributed by atoms with Gasteiger partial charge in [0, 0.05) is 6.54 Å². The van der Waals surface area contributed by atoms with Gasteiger partial charge in [-0.2, -0.15) is 0 Å². The van der Waals surface area contributed by atoms with Gasteiger partial charge in [-0.1, -0.05) is 11.6 Å². The van der Waals surface area contributed by atoms with Crippen molar-refractivity contribution in [2.45, 2.75) is 6.42 Å². The first-order valence-electron chi connectivity index (χ1n) is 3.92. The first-order chi connectivity index (χ1) is 6.29. The number of hydrogen-bond acceptors (Lipinski definition) is 4. The summed E-state index contributed by atoms with van der Waals surface area (Å²) in [6, 6.07) is 0. The van der Waals surface area contributed by atoms with Crippen molar-refractivity contribution in [2.75, 3.05) is 18.2 Å². The van der Waals surface area contributed by atoms with E-state index in [4.69, 9.17) is 16.4 Å². The molecule has 0 unspecified atom stereocenters. The smallest absolute Gasteiger partial charge is 0.271 e. The topological polar surface area (TPSA) is 58.2 Å². The number of aromatic nitrogens is 2. The summed E-state index contributed by atoms with van der Waals surface area (Å²) in [7, 11) is 0. The van der Waals surface area contributed by atoms with E-state index >= 15 is 0 Å². The SMILES string of the molecule is O=c1[nH]cnc(N2CCCO2)c1Cl. The molecule has 2 heterocycles. The summed E-state index contributed by atoms with van der Waals surface area (Å²) in [5, 5.41) is 1.61. The normalized spacial score (nSPS) is 16.5. The predicted octanol–water partition coefficient (Wildman–Crippen LogP) is 0.565. The van der Waals surface area contributed by atoms with E-state index < -0.39 is 0 Å². The lowest BCUT2D eigenvalue weighted by atomic mass is 10.4. The zero-order valence-corrected chi connectivity index (χ0v) is 7.54. The third kappa shape index (κ3) is 1.52. The van der Waals surface area contributed by atoms with Crippen LogP contribution in [0.25, 0.3) is 0 Å². The Hall–Kier alpha value is -1.07. The molecule has 6 heteroatoms. The molecule has 5 nitrogen and oxygen atoms in total. The highest BCUT2D eigenvalue weighted by Gasteiger charge is 2.18. The lowest BCUT2D eigenvalue weighted by Crippen LogP contribution is -2.21. The van der Waals surface area contributed by atoms with Gasteiger partial charge in [-0.15, -0.1) is 0 Å². The van der Waals surface area contributed by atoms with Gasteiger partial charge in [-0.05, 0) is 6.42 Å². The maximum atomic E-state index is 11.1. The molecule has 70 valence electrons. The molecule has 0 spiro atoms. The lowest BCUT2D eigenvalue weighted by Gasteiger charge is -2.14. The fraction of sp³-hybridized carbons (Fsp3) is 0.429. The fourth-order valence-electron chi connectivity index (χ4n) is 1.16. The molecule has 1 saturated heterocycles. The molecule has 1 aromatic heterocycles. The molecule has 1 aliphatic heterocycles. The maximum Gasteiger partial charge on any atom is 0.271 e. The average Bonchev–Trinajstić information content (AvgIpc) is 2.62. The van der Waals surface area contributed by atoms with Crippen molar-refractivity contribution in [3.8, 4) is 0 Å². The van der Waals surface area contributed by atoms with Crippen molar-refractivity contribution in [2.24, 2.45) is 0 Å². The molecule has 13 heavy (non-hydrogen) atoms. The highest BCUT2D eigenvalue weighted by Crippen LogP contribution is 2.21. The van der Waals surface area contributed by atoms with Crippen molar-refractivity contribution in [1.29, 1.82) is 0 Å². The van der Waals surface area contributed by atoms with Gasteiger partial charge >= 0.3 is 0 Å². The number of rotatable bonds is 1. The second kappa shape index (κ2) is 3.35. The van der Waals surface area contributed by atoms with Gasteiger partial charge in [0.15, 0.2) is 10.8 Å². The second-order valence-electron chi connectivity index (χ2n) is 2.66. The van der Waals surface area contributed by atoms with Gasteiger partial charge in [0.05, 0.1) is 12.9 Å². The van der Waals surface area contributed by atoms with Gasteiger partial charge < -0.3 is 4.98 Å². The second-order valence-corrected chi connectivity index (χ2v) is 3.04. The molecule has 0 saturated carbocycles. The summed E-state index contributed by atoms with van der Waals surface area (Å²) in [6.07, 6.45) is 2.23. The van der Waals surface area contributed by atoms with Crippen LogP contribution in [0.2, 0.25) is 5.02 Å². The summed E-state index contributed by atoms with van der Waals surface area (Å²) in [4.78, 5) is 22.6. The molecule has 0 bridgehead atoms. The Morgan fingerprint density at radius 1 is 1.69 bits per heavy atom. The van der Waals surface area contributed by atoms with E-state index in [2.05, 4.69) is 9.97 Å². The Kier molecular flexibility index (Phi) is 2.20. The Morgan fingerprint density at radius 2 is 2.54 bits per heavy atom. The van der Waals surface area contributed by atoms with Gasteiger partial charge in [-0.25, -0.2) is 10.0 Å². The van der Waals surface area contributed by atoms with Crippen LogP contribution in [0, 0.1) is 0 Å². The zero-order valence-electron chi connectivity index (χ0n) is 6.79. The standard InChI is InChI=1S/C7H8ClN3O2/c8-5-6(9-4-10-7(5)12)11-2-1-3-13-11/h4H,1-3H2,(H,9,10,12). The summed E-state index contributed by atoms with van der Waals surface area (Å²) in [6.45, 7) is 1.36. The number of anilines is 1. The molecule has 0 aromatic carbocycles. The maximum absolute atomic E-state index is 11.1. The van der Waals surface area contributed by atoms with Crippen LogP contribution in [0.1, 0.15) is 6.42 Å². The minimum absolute atomic E-state index is 0.0735. The molecule has 0 atom stereocenters. The van der Waals surface area contributed by atoms with Crippen LogP contribution in [0.3, 0.4) is 0 Å². The summed E-state index contributed by atoms with van der Waals surface area (Å²) >= 11 is 5.75. The largest absolute Gasteiger partial charge is 0.312 e. The summed E-state index contributed by atoms with van der Waals surface area (Å²) in [5.41, 5.74) is -0.345. The van der Waals surface area contributed by atoms with Crippen LogP contribution in [0.4, 0.5) is 5.82 Å². The van der Waals surface area contributed by atoms with Crippen molar-refractivity contribution in [3.05, 3.63) is 21.7 Å². The molecule has 0 radical (unpaired) electrons. The number of nitrogens with one attached hydrogen (secondary N) is 1. The third-order valence-electron chi connectivity index (χ3n) is 1.77. The Balaban J connectivity index is 2.39. The van der Waals surface area contributed by atoms with E-state index in [1.165, 1.54) is 11.4 Å². The number of aromatic amines is 1. The highest BCUT2D eigenvalue weighted by atomic mass is 35.5. The number of hydroxylamine groups is 1. The molecular formula is C7H8ClN3O2. The van der Waals surface area contributed by atoms with Crippen molar-refractivity contribution in [3.63, 3.8) is 0 Å². The van der Waals surface area contributed by atoms with Crippen LogP contribution in [0.15, 0.2) is 11.1 Å². The van der Waals surface area contributed by atoms with Crippen LogP contribution >= 0.6 is 11.6 Å². The van der Waals surface area contributed by atoms with E-state index in [-0.39, 0.29) is 10.6 Å². The first kappa shape index (κ1) is 8.52. The third-order valence-corrected chi connectivity index (χ3v) is 2.11. The van der Waals surface area contributed by atoms with E-state index in [0.29, 0.717) is 12.4 Å². The van der Waals surface area contributed by atoms with E-state index in [0.717, 1.165) is 13.0 Å². The zero-order chi connectivity index (χ0) is 9.26. The minimum Gasteiger partial charge on any atom is -0.312 e. The van der Waals surface area contributed by atoms with Gasteiger partial charge in [0.25, 0.3) is 5.56 Å². The predicted molar refractivity (Wildman–Crippen MR) is 47.8 cm³/mol. The fourth-order valence-corrected chi connectivity index (χ4v) is 1.36. The Labute approximate surface area is 79.3 Å². The van der Waals surface area contributed by atoms with E-state index in [9.17, 15) is 4.79 Å². The van der Waals surface area contributed by atoms with E-state index in [1.807, 2.05) is 0 Å². The highest BCUT2D eigenvalue weighted by molar-refractivity contribution is 6.32. The minimum atomic E-state index is -0.345. The quantitative estimate of drug-likeness (QED) is 0.722. The number of halogens is 1. The summed E-state index contributed by atoms with van der Waals surface area (Å²) in [5.74, 6) is 0.392. The molecule has 1 N–H and O–H groups in total. The average molecular weight is 202 g/mol. The van der Waals surface area contributed by atoms with Crippen molar-refractivity contribution in [1.82, 2.24) is 9.97 Å². The Morgan fingerprint density at radius 3 is 3.23 bits per heavy atom. The molecule has 0 aliphatic carbocycles. The molecule has 1 aliphatic rings. The van der Waals surface area contributed by atoms with Crippen LogP contribution in [-0.4, -0.2) is 23.1 Å². The molecular weight excluding hydrogens is 194 g/mol.